The van der Waals surface area contributed by atoms with Gasteiger partial charge in [0, 0.05) is 38.8 Å². The SMILES string of the molecule is Cc1nc(NC2CCC(NCCOc3ccc(C(C)(C)C)cc3)CC2)cc(N(C)C)n1. The van der Waals surface area contributed by atoms with Gasteiger partial charge in [0.2, 0.25) is 0 Å². The fourth-order valence-electron chi connectivity index (χ4n) is 3.99. The van der Waals surface area contributed by atoms with Gasteiger partial charge in [-0.3, -0.25) is 0 Å². The fourth-order valence-corrected chi connectivity index (χ4v) is 3.99. The van der Waals surface area contributed by atoms with Crippen molar-refractivity contribution >= 4 is 11.6 Å². The van der Waals surface area contributed by atoms with E-state index in [-0.39, 0.29) is 5.41 Å². The van der Waals surface area contributed by atoms with Gasteiger partial charge in [0.1, 0.15) is 29.8 Å². The summed E-state index contributed by atoms with van der Waals surface area (Å²) in [4.78, 5) is 11.0. The molecule has 1 aliphatic rings. The van der Waals surface area contributed by atoms with Crippen molar-refractivity contribution < 1.29 is 4.74 Å². The van der Waals surface area contributed by atoms with E-state index in [1.807, 2.05) is 32.0 Å². The third kappa shape index (κ3) is 7.10. The first-order chi connectivity index (χ1) is 14.7. The molecule has 3 rings (SSSR count). The summed E-state index contributed by atoms with van der Waals surface area (Å²) in [5, 5.41) is 7.27. The number of benzene rings is 1. The molecule has 2 N–H and O–H groups in total. The molecule has 1 saturated carbocycles. The Kier molecular flexibility index (Phi) is 7.76. The Morgan fingerprint density at radius 2 is 1.65 bits per heavy atom. The molecule has 0 unspecified atom stereocenters. The number of nitrogens with one attached hydrogen (secondary N) is 2. The van der Waals surface area contributed by atoms with Crippen LogP contribution >= 0.6 is 0 Å². The Labute approximate surface area is 187 Å². The van der Waals surface area contributed by atoms with Crippen LogP contribution in [0.4, 0.5) is 11.6 Å². The molecule has 0 saturated heterocycles. The molecule has 0 atom stereocenters. The molecule has 2 aromatic rings. The molecule has 0 spiro atoms. The molecule has 1 aliphatic carbocycles. The minimum Gasteiger partial charge on any atom is -0.492 e. The minimum absolute atomic E-state index is 0.175. The predicted molar refractivity (Wildman–Crippen MR) is 129 cm³/mol. The maximum atomic E-state index is 5.91. The van der Waals surface area contributed by atoms with Gasteiger partial charge in [-0.05, 0) is 55.7 Å². The average Bonchev–Trinajstić information content (AvgIpc) is 2.71. The first kappa shape index (κ1) is 23.3. The first-order valence-electron chi connectivity index (χ1n) is 11.5. The van der Waals surface area contributed by atoms with Crippen LogP contribution in [0.5, 0.6) is 5.75 Å². The second-order valence-electron chi connectivity index (χ2n) is 9.82. The largest absolute Gasteiger partial charge is 0.492 e. The first-order valence-corrected chi connectivity index (χ1v) is 11.5. The van der Waals surface area contributed by atoms with Gasteiger partial charge in [-0.2, -0.15) is 0 Å². The van der Waals surface area contributed by atoms with Crippen LogP contribution < -0.4 is 20.3 Å². The number of nitrogens with zero attached hydrogens (tertiary/aromatic N) is 3. The van der Waals surface area contributed by atoms with E-state index in [0.29, 0.717) is 18.7 Å². The van der Waals surface area contributed by atoms with Crippen molar-refractivity contribution in [2.75, 3.05) is 37.5 Å². The zero-order chi connectivity index (χ0) is 22.4. The molecule has 6 nitrogen and oxygen atoms in total. The maximum Gasteiger partial charge on any atom is 0.133 e. The standard InChI is InChI=1S/C25H39N5O/c1-18-27-23(17-24(28-18)30(5)6)29-21-11-9-20(10-12-21)26-15-16-31-22-13-7-19(8-14-22)25(2,3)4/h7-8,13-14,17,20-21,26H,9-12,15-16H2,1-6H3,(H,27,28,29). The van der Waals surface area contributed by atoms with Crippen molar-refractivity contribution in [2.24, 2.45) is 0 Å². The van der Waals surface area contributed by atoms with E-state index in [4.69, 9.17) is 4.74 Å². The zero-order valence-electron chi connectivity index (χ0n) is 20.0. The van der Waals surface area contributed by atoms with Gasteiger partial charge in [0.25, 0.3) is 0 Å². The number of rotatable bonds is 8. The monoisotopic (exact) mass is 425 g/mol. The molecular formula is C25H39N5O. The second kappa shape index (κ2) is 10.3. The Bertz CT molecular complexity index is 821. The lowest BCUT2D eigenvalue weighted by Crippen LogP contribution is -2.38. The normalized spacial score (nSPS) is 19.2. The minimum atomic E-state index is 0.175. The molecule has 6 heteroatoms. The Hall–Kier alpha value is -2.34. The molecule has 0 radical (unpaired) electrons. The molecule has 170 valence electrons. The van der Waals surface area contributed by atoms with Crippen LogP contribution in [-0.2, 0) is 5.41 Å². The number of hydrogen-bond donors (Lipinski definition) is 2. The van der Waals surface area contributed by atoms with E-state index in [0.717, 1.165) is 42.6 Å². The summed E-state index contributed by atoms with van der Waals surface area (Å²) in [7, 11) is 4.01. The lowest BCUT2D eigenvalue weighted by Gasteiger charge is -2.30. The van der Waals surface area contributed by atoms with Crippen LogP contribution in [0.25, 0.3) is 0 Å². The average molecular weight is 426 g/mol. The van der Waals surface area contributed by atoms with E-state index >= 15 is 0 Å². The highest BCUT2D eigenvalue weighted by atomic mass is 16.5. The van der Waals surface area contributed by atoms with E-state index < -0.39 is 0 Å². The number of hydrogen-bond acceptors (Lipinski definition) is 6. The highest BCUT2D eigenvalue weighted by Crippen LogP contribution is 2.25. The molecular weight excluding hydrogens is 386 g/mol. The highest BCUT2D eigenvalue weighted by molar-refractivity contribution is 5.49. The van der Waals surface area contributed by atoms with Crippen molar-refractivity contribution in [3.63, 3.8) is 0 Å². The van der Waals surface area contributed by atoms with E-state index in [9.17, 15) is 0 Å². The number of anilines is 2. The van der Waals surface area contributed by atoms with Gasteiger partial charge in [-0.15, -0.1) is 0 Å². The van der Waals surface area contributed by atoms with Crippen molar-refractivity contribution in [3.05, 3.63) is 41.7 Å². The van der Waals surface area contributed by atoms with E-state index in [1.165, 1.54) is 18.4 Å². The Morgan fingerprint density at radius 1 is 1.00 bits per heavy atom. The third-order valence-corrected chi connectivity index (χ3v) is 5.89. The molecule has 1 fully saturated rings. The van der Waals surface area contributed by atoms with Crippen LogP contribution in [0, 0.1) is 6.92 Å². The predicted octanol–water partition coefficient (Wildman–Crippen LogP) is 4.54. The summed E-state index contributed by atoms with van der Waals surface area (Å²) in [6, 6.07) is 11.6. The summed E-state index contributed by atoms with van der Waals surface area (Å²) >= 11 is 0. The number of aromatic nitrogens is 2. The molecule has 1 aromatic carbocycles. The summed E-state index contributed by atoms with van der Waals surface area (Å²) in [5.41, 5.74) is 1.51. The van der Waals surface area contributed by atoms with Crippen molar-refractivity contribution in [3.8, 4) is 5.75 Å². The van der Waals surface area contributed by atoms with Crippen LogP contribution in [-0.4, -0.2) is 49.3 Å². The second-order valence-corrected chi connectivity index (χ2v) is 9.82. The van der Waals surface area contributed by atoms with Crippen LogP contribution in [0.1, 0.15) is 57.8 Å². The van der Waals surface area contributed by atoms with Gasteiger partial charge in [-0.25, -0.2) is 9.97 Å². The van der Waals surface area contributed by atoms with Crippen LogP contribution in [0.3, 0.4) is 0 Å². The van der Waals surface area contributed by atoms with E-state index in [2.05, 4.69) is 65.6 Å². The summed E-state index contributed by atoms with van der Waals surface area (Å²) in [6.07, 6.45) is 4.63. The summed E-state index contributed by atoms with van der Waals surface area (Å²) < 4.78 is 5.91. The molecule has 0 aliphatic heterocycles. The summed E-state index contributed by atoms with van der Waals surface area (Å²) in [5.74, 6) is 3.62. The van der Waals surface area contributed by atoms with Crippen LogP contribution in [0.15, 0.2) is 30.3 Å². The van der Waals surface area contributed by atoms with Crippen molar-refractivity contribution in [2.45, 2.75) is 70.9 Å². The summed E-state index contributed by atoms with van der Waals surface area (Å²) in [6.45, 7) is 10.2. The Balaban J connectivity index is 1.36. The molecule has 1 heterocycles. The maximum absolute atomic E-state index is 5.91. The lowest BCUT2D eigenvalue weighted by atomic mass is 9.87. The zero-order valence-corrected chi connectivity index (χ0v) is 20.0. The van der Waals surface area contributed by atoms with Gasteiger partial charge in [0.15, 0.2) is 0 Å². The molecule has 0 amide bonds. The number of ether oxygens (including phenoxy) is 1. The smallest absolute Gasteiger partial charge is 0.133 e. The lowest BCUT2D eigenvalue weighted by molar-refractivity contribution is 0.285. The molecule has 0 bridgehead atoms. The fraction of sp³-hybridized carbons (Fsp3) is 0.600. The topological polar surface area (TPSA) is 62.3 Å². The molecule has 1 aromatic heterocycles. The molecule has 31 heavy (non-hydrogen) atoms. The van der Waals surface area contributed by atoms with Gasteiger partial charge < -0.3 is 20.3 Å². The van der Waals surface area contributed by atoms with Crippen molar-refractivity contribution in [1.82, 2.24) is 15.3 Å². The Morgan fingerprint density at radius 3 is 2.26 bits per heavy atom. The van der Waals surface area contributed by atoms with Gasteiger partial charge >= 0.3 is 0 Å². The third-order valence-electron chi connectivity index (χ3n) is 5.89. The van der Waals surface area contributed by atoms with Crippen LogP contribution in [0.2, 0.25) is 0 Å². The van der Waals surface area contributed by atoms with E-state index in [1.54, 1.807) is 0 Å². The van der Waals surface area contributed by atoms with Gasteiger partial charge in [0.05, 0.1) is 0 Å². The highest BCUT2D eigenvalue weighted by Gasteiger charge is 2.21. The van der Waals surface area contributed by atoms with Gasteiger partial charge in [-0.1, -0.05) is 32.9 Å². The number of aryl methyl sites for hydroxylation is 1. The quantitative estimate of drug-likeness (QED) is 0.606. The van der Waals surface area contributed by atoms with Crippen molar-refractivity contribution in [1.29, 1.82) is 0 Å².